The number of phosphoric acid groups is 6. The third kappa shape index (κ3) is 10.1. The van der Waals surface area contributed by atoms with Gasteiger partial charge in [-0.1, -0.05) is 0 Å². The van der Waals surface area contributed by atoms with Crippen LogP contribution < -0.4 is 4.62 Å². The van der Waals surface area contributed by atoms with E-state index in [0.717, 1.165) is 18.9 Å². The summed E-state index contributed by atoms with van der Waals surface area (Å²) in [6.45, 7) is 0. The Labute approximate surface area is 253 Å². The number of aromatic nitrogens is 3. The zero-order valence-corrected chi connectivity index (χ0v) is 29.8. The Morgan fingerprint density at radius 2 is 1.00 bits per heavy atom. The molecule has 1 heterocycles. The third-order valence-corrected chi connectivity index (χ3v) is 19.7. The fraction of sp³-hybridized carbons (Fsp3) is 0.500. The molecule has 0 saturated heterocycles. The molecule has 26 nitrogen and oxygen atoms in total. The molecule has 1 aromatic heterocycles. The number of para-hydroxylation sites is 1. The predicted octanol–water partition coefficient (Wildman–Crippen LogP) is 1.37. The summed E-state index contributed by atoms with van der Waals surface area (Å²) in [6.07, 6.45) is 0. The monoisotopic (exact) mass is 794 g/mol. The summed E-state index contributed by atoms with van der Waals surface area (Å²) >= 11 is 0. The van der Waals surface area contributed by atoms with Crippen molar-refractivity contribution in [3.05, 3.63) is 24.3 Å². The van der Waals surface area contributed by atoms with Crippen LogP contribution in [0.2, 0.25) is 0 Å². The number of nitrogens with zero attached hydrogens (tertiary/aromatic N) is 6. The molecule has 0 fully saturated rings. The average molecular weight is 794 g/mol. The van der Waals surface area contributed by atoms with Crippen molar-refractivity contribution >= 4 is 65.5 Å². The van der Waals surface area contributed by atoms with Crippen LogP contribution in [0.15, 0.2) is 24.3 Å². The van der Waals surface area contributed by atoms with Gasteiger partial charge in [0, 0.05) is 0 Å². The molecule has 0 amide bonds. The van der Waals surface area contributed by atoms with Crippen LogP contribution in [0, 0.1) is 0 Å². The minimum atomic E-state index is -6.48. The van der Waals surface area contributed by atoms with Crippen LogP contribution in [-0.4, -0.2) is 106 Å². The summed E-state index contributed by atoms with van der Waals surface area (Å²) in [5.41, 5.74) is 0.523. The molecule has 7 N–H and O–H groups in total. The van der Waals surface area contributed by atoms with Gasteiger partial charge in [-0.3, -0.25) is 0 Å². The second-order valence-electron chi connectivity index (χ2n) is 8.73. The van der Waals surface area contributed by atoms with E-state index in [2.05, 4.69) is 31.9 Å². The summed E-state index contributed by atoms with van der Waals surface area (Å²) in [6, 6.07) is 6.26. The van der Waals surface area contributed by atoms with Gasteiger partial charge in [-0.05, 0) is 0 Å². The molecule has 5 unspecified atom stereocenters. The minimum absolute atomic E-state index is 0.221. The van der Waals surface area contributed by atoms with E-state index < -0.39 is 54.4 Å². The molecule has 5 atom stereocenters. The molecule has 0 aliphatic carbocycles. The number of rotatable bonds is 17. The van der Waals surface area contributed by atoms with Crippen molar-refractivity contribution in [2.75, 3.05) is 42.3 Å². The summed E-state index contributed by atoms with van der Waals surface area (Å²) in [7, 11) is -34.9. The van der Waals surface area contributed by atoms with Gasteiger partial charge < -0.3 is 9.79 Å². The van der Waals surface area contributed by atoms with Crippen LogP contribution >= 0.6 is 54.4 Å². The molecular formula is C12H29N6O20P7. The summed E-state index contributed by atoms with van der Waals surface area (Å²) < 4.78 is 105. The Balaban J connectivity index is 2.44. The molecule has 33 heteroatoms. The van der Waals surface area contributed by atoms with Crippen molar-refractivity contribution in [3.63, 3.8) is 0 Å². The fourth-order valence-corrected chi connectivity index (χ4v) is 17.0. The molecule has 1 aromatic carbocycles. The topological polar surface area (TPSA) is 349 Å². The molecule has 45 heavy (non-hydrogen) atoms. The number of hydrogen-bond acceptors (Lipinski definition) is 18. The summed E-state index contributed by atoms with van der Waals surface area (Å²) in [5, 5.41) is 7.74. The molecule has 0 spiro atoms. The zero-order valence-electron chi connectivity index (χ0n) is 23.6. The first kappa shape index (κ1) is 40.8. The molecule has 0 aliphatic heterocycles. The van der Waals surface area contributed by atoms with E-state index in [9.17, 15) is 47.0 Å². The first-order valence-electron chi connectivity index (χ1n) is 11.0. The van der Waals surface area contributed by atoms with Crippen LogP contribution in [0.3, 0.4) is 0 Å². The fourth-order valence-electron chi connectivity index (χ4n) is 3.48. The van der Waals surface area contributed by atoms with Gasteiger partial charge >= 0.3 is 239 Å². The van der Waals surface area contributed by atoms with E-state index >= 15 is 0 Å². The van der Waals surface area contributed by atoms with E-state index in [-0.39, 0.29) is 5.52 Å². The van der Waals surface area contributed by atoms with Crippen LogP contribution in [0.5, 0.6) is 0 Å². The average Bonchev–Trinajstić information content (AvgIpc) is 3.15. The van der Waals surface area contributed by atoms with Crippen molar-refractivity contribution in [2.45, 2.75) is 0 Å². The zero-order chi connectivity index (χ0) is 35.1. The number of benzene rings is 1. The van der Waals surface area contributed by atoms with E-state index in [1.807, 2.05) is 0 Å². The van der Waals surface area contributed by atoms with Crippen LogP contribution in [-0.2, 0) is 53.3 Å². The van der Waals surface area contributed by atoms with Crippen LogP contribution in [0.25, 0.3) is 11.0 Å². The molecule has 0 saturated carbocycles. The van der Waals surface area contributed by atoms with Gasteiger partial charge in [0.1, 0.15) is 0 Å². The van der Waals surface area contributed by atoms with Gasteiger partial charge in [0.2, 0.25) is 0 Å². The molecule has 0 bridgehead atoms. The van der Waals surface area contributed by atoms with Crippen molar-refractivity contribution < 1.29 is 92.1 Å². The van der Waals surface area contributed by atoms with Gasteiger partial charge in [0.05, 0.1) is 0 Å². The maximum atomic E-state index is 13.3. The van der Waals surface area contributed by atoms with Gasteiger partial charge in [-0.2, -0.15) is 0 Å². The van der Waals surface area contributed by atoms with E-state index in [1.54, 1.807) is 18.2 Å². The summed E-state index contributed by atoms with van der Waals surface area (Å²) in [4.78, 5) is 66.8. The van der Waals surface area contributed by atoms with Crippen molar-refractivity contribution in [1.82, 2.24) is 29.2 Å². The standard InChI is InChI=1S/C12H29N6O20P7/c1-15(2)45(16(3)4,17(5)6,32-18-12-10-8-7-9-11(12)13-14-18)38-44(30,31)37-43(28,29)36-42(26,27)35-41(24,25)34-40(22,23)33-39(19,20)21/h7-10H,1-6H3,(H,22,23)(H,24,25)(H,26,27)(H,28,29)(H,30,31)(H2,19,20,21). The molecule has 2 rings (SSSR count). The second-order valence-corrected chi connectivity index (χ2v) is 22.5. The Morgan fingerprint density at radius 1 is 0.622 bits per heavy atom. The summed E-state index contributed by atoms with van der Waals surface area (Å²) in [5.74, 6) is 0. The maximum absolute atomic E-state index is 13.3. The molecule has 2 aromatic rings. The Morgan fingerprint density at radius 3 is 1.40 bits per heavy atom. The quantitative estimate of drug-likeness (QED) is 0.111. The Bertz CT molecular complexity index is 1670. The number of fused-ring (bicyclic) bond motifs is 1. The second kappa shape index (κ2) is 13.5. The van der Waals surface area contributed by atoms with Gasteiger partial charge in [0.25, 0.3) is 0 Å². The van der Waals surface area contributed by atoms with E-state index in [1.165, 1.54) is 48.4 Å². The SMILES string of the molecule is CN(C)P(On1nnc2ccccc21)(OP(=O)(O)OP(=O)(O)OP(=O)(O)OP(=O)(O)OP(=O)(O)OP(=O)(O)O)(N(C)C)N(C)C. The Hall–Kier alpha value is -0.410. The van der Waals surface area contributed by atoms with Crippen molar-refractivity contribution in [3.8, 4) is 0 Å². The third-order valence-electron chi connectivity index (χ3n) is 4.88. The van der Waals surface area contributed by atoms with Gasteiger partial charge in [-0.15, -0.1) is 0 Å². The molecule has 0 aliphatic rings. The molecule has 262 valence electrons. The van der Waals surface area contributed by atoms with Crippen molar-refractivity contribution in [1.29, 1.82) is 0 Å². The van der Waals surface area contributed by atoms with Gasteiger partial charge in [0.15, 0.2) is 0 Å². The predicted molar refractivity (Wildman–Crippen MR) is 150 cm³/mol. The van der Waals surface area contributed by atoms with Crippen LogP contribution in [0.4, 0.5) is 0 Å². The van der Waals surface area contributed by atoms with Gasteiger partial charge in [-0.25, -0.2) is 4.57 Å². The van der Waals surface area contributed by atoms with Crippen LogP contribution in [0.1, 0.15) is 0 Å². The molecule has 0 radical (unpaired) electrons. The normalized spacial score (nSPS) is 20.9. The van der Waals surface area contributed by atoms with E-state index in [4.69, 9.17) is 23.6 Å². The first-order valence-corrected chi connectivity index (χ1v) is 21.9. The Kier molecular flexibility index (Phi) is 12.2. The number of hydrogen-bond donors (Lipinski definition) is 7. The first-order chi connectivity index (χ1) is 20.0. The molecular weight excluding hydrogens is 765 g/mol. The van der Waals surface area contributed by atoms with Crippen molar-refractivity contribution in [2.24, 2.45) is 0 Å². The van der Waals surface area contributed by atoms with E-state index in [0.29, 0.717) is 5.52 Å².